The molecular weight excluding hydrogens is 268 g/mol. The van der Waals surface area contributed by atoms with Crippen LogP contribution in [0.3, 0.4) is 0 Å². The highest BCUT2D eigenvalue weighted by Crippen LogP contribution is 2.18. The van der Waals surface area contributed by atoms with Gasteiger partial charge in [-0.15, -0.1) is 0 Å². The van der Waals surface area contributed by atoms with Gasteiger partial charge in [-0.2, -0.15) is 0 Å². The number of hydrogen-bond acceptors (Lipinski definition) is 5. The van der Waals surface area contributed by atoms with Crippen molar-refractivity contribution in [3.8, 4) is 0 Å². The van der Waals surface area contributed by atoms with E-state index in [0.29, 0.717) is 19.6 Å². The molecule has 1 fully saturated rings. The van der Waals surface area contributed by atoms with Crippen molar-refractivity contribution in [2.45, 2.75) is 46.3 Å². The van der Waals surface area contributed by atoms with Gasteiger partial charge in [-0.3, -0.25) is 0 Å². The van der Waals surface area contributed by atoms with Gasteiger partial charge in [0.15, 0.2) is 0 Å². The number of anilines is 1. The van der Waals surface area contributed by atoms with Crippen LogP contribution in [0.1, 0.15) is 33.4 Å². The molecule has 1 atom stereocenters. The molecule has 0 bridgehead atoms. The molecule has 1 aliphatic heterocycles. The SMILES string of the molecule is Cc1ccnc(N2CCN(C(=O)OC(C)(C)C)C(C)C2)n1. The monoisotopic (exact) mass is 292 g/mol. The Morgan fingerprint density at radius 2 is 2.10 bits per heavy atom. The first-order chi connectivity index (χ1) is 9.76. The molecule has 2 rings (SSSR count). The van der Waals surface area contributed by atoms with Crippen LogP contribution in [0.5, 0.6) is 0 Å². The molecule has 1 amide bonds. The van der Waals surface area contributed by atoms with Crippen LogP contribution in [0.25, 0.3) is 0 Å². The van der Waals surface area contributed by atoms with E-state index in [2.05, 4.69) is 14.9 Å². The fourth-order valence-electron chi connectivity index (χ4n) is 2.32. The summed E-state index contributed by atoms with van der Waals surface area (Å²) in [7, 11) is 0. The summed E-state index contributed by atoms with van der Waals surface area (Å²) in [5.74, 6) is 0.727. The fraction of sp³-hybridized carbons (Fsp3) is 0.667. The first kappa shape index (κ1) is 15.5. The molecule has 0 radical (unpaired) electrons. The van der Waals surface area contributed by atoms with Crippen molar-refractivity contribution in [2.75, 3.05) is 24.5 Å². The first-order valence-corrected chi connectivity index (χ1v) is 7.30. The van der Waals surface area contributed by atoms with E-state index in [0.717, 1.165) is 11.6 Å². The summed E-state index contributed by atoms with van der Waals surface area (Å²) in [6.45, 7) is 11.7. The predicted octanol–water partition coefficient (Wildman–Crippen LogP) is 2.23. The topological polar surface area (TPSA) is 58.6 Å². The Hall–Kier alpha value is -1.85. The van der Waals surface area contributed by atoms with E-state index in [4.69, 9.17) is 4.74 Å². The van der Waals surface area contributed by atoms with Gasteiger partial charge < -0.3 is 14.5 Å². The maximum atomic E-state index is 12.2. The average Bonchev–Trinajstić information content (AvgIpc) is 2.36. The smallest absolute Gasteiger partial charge is 0.410 e. The normalized spacial score (nSPS) is 19.6. The van der Waals surface area contributed by atoms with Crippen molar-refractivity contribution < 1.29 is 9.53 Å². The van der Waals surface area contributed by atoms with Gasteiger partial charge in [-0.1, -0.05) is 0 Å². The number of aryl methyl sites for hydroxylation is 1. The summed E-state index contributed by atoms with van der Waals surface area (Å²) in [5.41, 5.74) is 0.482. The number of nitrogens with zero attached hydrogens (tertiary/aromatic N) is 4. The van der Waals surface area contributed by atoms with Crippen LogP contribution in [-0.4, -0.2) is 52.2 Å². The summed E-state index contributed by atoms with van der Waals surface area (Å²) < 4.78 is 5.44. The number of piperazine rings is 1. The zero-order valence-electron chi connectivity index (χ0n) is 13.5. The minimum atomic E-state index is -0.465. The molecule has 0 N–H and O–H groups in total. The van der Waals surface area contributed by atoms with Gasteiger partial charge in [0.25, 0.3) is 0 Å². The number of amides is 1. The Balaban J connectivity index is 2.01. The van der Waals surface area contributed by atoms with Crippen molar-refractivity contribution in [1.29, 1.82) is 0 Å². The summed E-state index contributed by atoms with van der Waals surface area (Å²) in [4.78, 5) is 24.8. The molecule has 1 aromatic rings. The Bertz CT molecular complexity index is 513. The van der Waals surface area contributed by atoms with Gasteiger partial charge in [0, 0.05) is 37.6 Å². The molecule has 1 aromatic heterocycles. The standard InChI is InChI=1S/C15H24N4O2/c1-11-6-7-16-13(17-11)18-8-9-19(12(2)10-18)14(20)21-15(3,4)5/h6-7,12H,8-10H2,1-5H3. The van der Waals surface area contributed by atoms with Crippen molar-refractivity contribution >= 4 is 12.0 Å². The zero-order valence-corrected chi connectivity index (χ0v) is 13.5. The van der Waals surface area contributed by atoms with E-state index in [1.165, 1.54) is 0 Å². The van der Waals surface area contributed by atoms with Gasteiger partial charge in [-0.25, -0.2) is 14.8 Å². The summed E-state index contributed by atoms with van der Waals surface area (Å²) >= 11 is 0. The number of aromatic nitrogens is 2. The largest absolute Gasteiger partial charge is 0.444 e. The molecule has 1 unspecified atom stereocenters. The average molecular weight is 292 g/mol. The lowest BCUT2D eigenvalue weighted by atomic mass is 10.2. The zero-order chi connectivity index (χ0) is 15.6. The quantitative estimate of drug-likeness (QED) is 0.794. The molecular formula is C15H24N4O2. The lowest BCUT2D eigenvalue weighted by Gasteiger charge is -2.40. The Morgan fingerprint density at radius 3 is 2.67 bits per heavy atom. The second-order valence-corrected chi connectivity index (χ2v) is 6.47. The first-order valence-electron chi connectivity index (χ1n) is 7.30. The minimum Gasteiger partial charge on any atom is -0.444 e. The Kier molecular flexibility index (Phi) is 4.34. The lowest BCUT2D eigenvalue weighted by molar-refractivity contribution is 0.0158. The van der Waals surface area contributed by atoms with Crippen molar-refractivity contribution in [1.82, 2.24) is 14.9 Å². The number of carbonyl (C=O) groups is 1. The number of rotatable bonds is 1. The number of ether oxygens (including phenoxy) is 1. The third-order valence-corrected chi connectivity index (χ3v) is 3.32. The Morgan fingerprint density at radius 1 is 1.38 bits per heavy atom. The van der Waals surface area contributed by atoms with E-state index < -0.39 is 5.60 Å². The molecule has 21 heavy (non-hydrogen) atoms. The van der Waals surface area contributed by atoms with Gasteiger partial charge in [0.2, 0.25) is 5.95 Å². The van der Waals surface area contributed by atoms with Crippen LogP contribution < -0.4 is 4.90 Å². The van der Waals surface area contributed by atoms with Crippen LogP contribution in [0.2, 0.25) is 0 Å². The highest BCUT2D eigenvalue weighted by atomic mass is 16.6. The highest BCUT2D eigenvalue weighted by molar-refractivity contribution is 5.69. The second kappa shape index (κ2) is 5.87. The van der Waals surface area contributed by atoms with E-state index in [9.17, 15) is 4.79 Å². The molecule has 6 heteroatoms. The predicted molar refractivity (Wildman–Crippen MR) is 81.4 cm³/mol. The second-order valence-electron chi connectivity index (χ2n) is 6.47. The summed E-state index contributed by atoms with van der Waals surface area (Å²) in [6.07, 6.45) is 1.52. The third kappa shape index (κ3) is 4.06. The molecule has 0 saturated carbocycles. The maximum Gasteiger partial charge on any atom is 0.410 e. The van der Waals surface area contributed by atoms with E-state index in [1.54, 1.807) is 11.1 Å². The van der Waals surface area contributed by atoms with Crippen LogP contribution >= 0.6 is 0 Å². The summed E-state index contributed by atoms with van der Waals surface area (Å²) in [6, 6.07) is 1.95. The van der Waals surface area contributed by atoms with Crippen LogP contribution in [0.15, 0.2) is 12.3 Å². The number of hydrogen-bond donors (Lipinski definition) is 0. The van der Waals surface area contributed by atoms with Gasteiger partial charge >= 0.3 is 6.09 Å². The lowest BCUT2D eigenvalue weighted by Crippen LogP contribution is -2.55. The minimum absolute atomic E-state index is 0.0673. The molecule has 1 aliphatic rings. The highest BCUT2D eigenvalue weighted by Gasteiger charge is 2.31. The molecule has 0 spiro atoms. The van der Waals surface area contributed by atoms with Crippen LogP contribution in [-0.2, 0) is 4.74 Å². The fourth-order valence-corrected chi connectivity index (χ4v) is 2.32. The van der Waals surface area contributed by atoms with Crippen LogP contribution in [0.4, 0.5) is 10.7 Å². The molecule has 0 aromatic carbocycles. The van der Waals surface area contributed by atoms with E-state index in [1.807, 2.05) is 40.7 Å². The molecule has 116 valence electrons. The molecule has 6 nitrogen and oxygen atoms in total. The molecule has 2 heterocycles. The van der Waals surface area contributed by atoms with Crippen molar-refractivity contribution in [2.24, 2.45) is 0 Å². The van der Waals surface area contributed by atoms with Crippen LogP contribution in [0, 0.1) is 6.92 Å². The van der Waals surface area contributed by atoms with Gasteiger partial charge in [0.1, 0.15) is 5.60 Å². The Labute approximate surface area is 126 Å². The van der Waals surface area contributed by atoms with E-state index in [-0.39, 0.29) is 12.1 Å². The molecule has 0 aliphatic carbocycles. The number of carbonyl (C=O) groups excluding carboxylic acids is 1. The third-order valence-electron chi connectivity index (χ3n) is 3.32. The van der Waals surface area contributed by atoms with Crippen molar-refractivity contribution in [3.63, 3.8) is 0 Å². The molecule has 1 saturated heterocycles. The van der Waals surface area contributed by atoms with Gasteiger partial charge in [-0.05, 0) is 40.7 Å². The van der Waals surface area contributed by atoms with E-state index >= 15 is 0 Å². The van der Waals surface area contributed by atoms with Gasteiger partial charge in [0.05, 0.1) is 0 Å². The summed E-state index contributed by atoms with van der Waals surface area (Å²) in [5, 5.41) is 0. The van der Waals surface area contributed by atoms with Crippen molar-refractivity contribution in [3.05, 3.63) is 18.0 Å². The maximum absolute atomic E-state index is 12.2.